The van der Waals surface area contributed by atoms with Gasteiger partial charge in [-0.05, 0) is 24.4 Å². The lowest BCUT2D eigenvalue weighted by Gasteiger charge is -2.30. The number of aromatic nitrogens is 2. The van der Waals surface area contributed by atoms with Crippen LogP contribution in [0, 0.1) is 0 Å². The summed E-state index contributed by atoms with van der Waals surface area (Å²) in [6.07, 6.45) is 2.09. The smallest absolute Gasteiger partial charge is 0.148 e. The Labute approximate surface area is 95.0 Å². The number of ether oxygens (including phenoxy) is 1. The molecule has 15 heavy (non-hydrogen) atoms. The fourth-order valence-corrected chi connectivity index (χ4v) is 2.54. The lowest BCUT2D eigenvalue weighted by atomic mass is 9.82. The predicted octanol–water partition coefficient (Wildman–Crippen LogP) is 2.73. The van der Waals surface area contributed by atoms with Crippen LogP contribution < -0.4 is 0 Å². The second kappa shape index (κ2) is 4.18. The Bertz CT molecular complexity index is 329. The molecule has 1 fully saturated rings. The maximum Gasteiger partial charge on any atom is 0.148 e. The van der Waals surface area contributed by atoms with Crippen LogP contribution in [-0.2, 0) is 10.2 Å². The van der Waals surface area contributed by atoms with Gasteiger partial charge in [0, 0.05) is 24.5 Å². The van der Waals surface area contributed by atoms with E-state index in [1.54, 1.807) is 11.5 Å². The standard InChI is InChI=1S/C11H18N2OS/c1-8(2)9-12-10(13-15-9)11(3)4-6-14-7-5-11/h8H,4-7H2,1-3H3. The molecular formula is C11H18N2OS. The summed E-state index contributed by atoms with van der Waals surface area (Å²) in [5.41, 5.74) is 0.141. The zero-order chi connectivity index (χ0) is 10.9. The Balaban J connectivity index is 2.20. The van der Waals surface area contributed by atoms with Gasteiger partial charge in [-0.25, -0.2) is 4.98 Å². The number of nitrogens with zero attached hydrogens (tertiary/aromatic N) is 2. The molecule has 0 spiro atoms. The number of hydrogen-bond acceptors (Lipinski definition) is 4. The predicted molar refractivity (Wildman–Crippen MR) is 61.4 cm³/mol. The van der Waals surface area contributed by atoms with Crippen molar-refractivity contribution in [2.45, 2.75) is 44.9 Å². The van der Waals surface area contributed by atoms with Gasteiger partial charge in [0.1, 0.15) is 10.8 Å². The second-order valence-electron chi connectivity index (χ2n) is 4.78. The summed E-state index contributed by atoms with van der Waals surface area (Å²) in [4.78, 5) is 4.66. The van der Waals surface area contributed by atoms with Crippen molar-refractivity contribution in [1.29, 1.82) is 0 Å². The van der Waals surface area contributed by atoms with Crippen LogP contribution in [0.25, 0.3) is 0 Å². The Morgan fingerprint density at radius 1 is 1.33 bits per heavy atom. The van der Waals surface area contributed by atoms with Crippen molar-refractivity contribution in [3.05, 3.63) is 10.8 Å². The Morgan fingerprint density at radius 2 is 2.00 bits per heavy atom. The van der Waals surface area contributed by atoms with Gasteiger partial charge in [0.25, 0.3) is 0 Å². The zero-order valence-electron chi connectivity index (χ0n) is 9.62. The van der Waals surface area contributed by atoms with Gasteiger partial charge in [0.05, 0.1) is 0 Å². The first kappa shape index (κ1) is 11.0. The highest BCUT2D eigenvalue weighted by molar-refractivity contribution is 7.05. The molecule has 2 heterocycles. The molecule has 0 radical (unpaired) electrons. The van der Waals surface area contributed by atoms with E-state index in [0.717, 1.165) is 36.9 Å². The third-order valence-electron chi connectivity index (χ3n) is 3.07. The van der Waals surface area contributed by atoms with E-state index in [2.05, 4.69) is 30.1 Å². The van der Waals surface area contributed by atoms with Crippen LogP contribution in [0.3, 0.4) is 0 Å². The molecule has 84 valence electrons. The van der Waals surface area contributed by atoms with Gasteiger partial charge >= 0.3 is 0 Å². The largest absolute Gasteiger partial charge is 0.381 e. The fraction of sp³-hybridized carbons (Fsp3) is 0.818. The fourth-order valence-electron chi connectivity index (χ4n) is 1.76. The summed E-state index contributed by atoms with van der Waals surface area (Å²) in [6, 6.07) is 0. The highest BCUT2D eigenvalue weighted by atomic mass is 32.1. The van der Waals surface area contributed by atoms with Gasteiger partial charge < -0.3 is 4.74 Å². The average molecular weight is 226 g/mol. The number of hydrogen-bond donors (Lipinski definition) is 0. The van der Waals surface area contributed by atoms with Crippen molar-refractivity contribution < 1.29 is 4.74 Å². The van der Waals surface area contributed by atoms with E-state index in [9.17, 15) is 0 Å². The minimum Gasteiger partial charge on any atom is -0.381 e. The molecule has 0 bridgehead atoms. The van der Waals surface area contributed by atoms with Gasteiger partial charge in [0.2, 0.25) is 0 Å². The van der Waals surface area contributed by atoms with Gasteiger partial charge in [0.15, 0.2) is 0 Å². The van der Waals surface area contributed by atoms with Crippen LogP contribution in [0.1, 0.15) is 50.4 Å². The molecule has 0 saturated carbocycles. The molecule has 0 aromatic carbocycles. The van der Waals surface area contributed by atoms with Gasteiger partial charge in [-0.1, -0.05) is 20.8 Å². The molecule has 1 aromatic rings. The van der Waals surface area contributed by atoms with E-state index in [4.69, 9.17) is 4.74 Å². The zero-order valence-corrected chi connectivity index (χ0v) is 10.4. The molecule has 3 nitrogen and oxygen atoms in total. The molecule has 0 unspecified atom stereocenters. The summed E-state index contributed by atoms with van der Waals surface area (Å²) in [5, 5.41) is 1.15. The van der Waals surface area contributed by atoms with Crippen molar-refractivity contribution in [3.63, 3.8) is 0 Å². The van der Waals surface area contributed by atoms with E-state index in [0.29, 0.717) is 5.92 Å². The van der Waals surface area contributed by atoms with E-state index < -0.39 is 0 Å². The molecular weight excluding hydrogens is 208 g/mol. The first-order chi connectivity index (χ1) is 7.12. The highest BCUT2D eigenvalue weighted by Crippen LogP contribution is 2.33. The Hall–Kier alpha value is -0.480. The molecule has 1 saturated heterocycles. The molecule has 1 aliphatic heterocycles. The summed E-state index contributed by atoms with van der Waals surface area (Å²) in [6.45, 7) is 8.26. The lowest BCUT2D eigenvalue weighted by Crippen LogP contribution is -2.31. The first-order valence-corrected chi connectivity index (χ1v) is 6.31. The first-order valence-electron chi connectivity index (χ1n) is 5.54. The summed E-state index contributed by atoms with van der Waals surface area (Å²) in [5.74, 6) is 1.51. The van der Waals surface area contributed by atoms with Gasteiger partial charge in [-0.15, -0.1) is 0 Å². The Morgan fingerprint density at radius 3 is 2.53 bits per heavy atom. The third kappa shape index (κ3) is 2.21. The van der Waals surface area contributed by atoms with Crippen LogP contribution in [0.4, 0.5) is 0 Å². The van der Waals surface area contributed by atoms with Crippen LogP contribution in [0.15, 0.2) is 0 Å². The van der Waals surface area contributed by atoms with E-state index >= 15 is 0 Å². The molecule has 0 N–H and O–H groups in total. The van der Waals surface area contributed by atoms with Crippen molar-refractivity contribution in [2.75, 3.05) is 13.2 Å². The quantitative estimate of drug-likeness (QED) is 0.777. The van der Waals surface area contributed by atoms with Crippen LogP contribution >= 0.6 is 11.5 Å². The van der Waals surface area contributed by atoms with Crippen molar-refractivity contribution >= 4 is 11.5 Å². The van der Waals surface area contributed by atoms with Crippen molar-refractivity contribution in [2.24, 2.45) is 0 Å². The highest BCUT2D eigenvalue weighted by Gasteiger charge is 2.33. The van der Waals surface area contributed by atoms with E-state index in [1.165, 1.54) is 0 Å². The van der Waals surface area contributed by atoms with Crippen LogP contribution in [-0.4, -0.2) is 22.6 Å². The van der Waals surface area contributed by atoms with Crippen LogP contribution in [0.2, 0.25) is 0 Å². The normalized spacial score (nSPS) is 20.8. The molecule has 1 aliphatic rings. The minimum absolute atomic E-state index is 0.141. The molecule has 0 amide bonds. The van der Waals surface area contributed by atoms with Crippen molar-refractivity contribution in [3.8, 4) is 0 Å². The summed E-state index contributed by atoms with van der Waals surface area (Å²) in [7, 11) is 0. The van der Waals surface area contributed by atoms with E-state index in [-0.39, 0.29) is 5.41 Å². The third-order valence-corrected chi connectivity index (χ3v) is 4.09. The lowest BCUT2D eigenvalue weighted by molar-refractivity contribution is 0.0539. The number of rotatable bonds is 2. The summed E-state index contributed by atoms with van der Waals surface area (Å²) < 4.78 is 9.90. The van der Waals surface area contributed by atoms with Crippen LogP contribution in [0.5, 0.6) is 0 Å². The second-order valence-corrected chi connectivity index (χ2v) is 5.57. The monoisotopic (exact) mass is 226 g/mol. The average Bonchev–Trinajstić information content (AvgIpc) is 2.68. The van der Waals surface area contributed by atoms with Gasteiger partial charge in [-0.2, -0.15) is 4.37 Å². The molecule has 0 aliphatic carbocycles. The maximum atomic E-state index is 5.39. The maximum absolute atomic E-state index is 5.39. The van der Waals surface area contributed by atoms with E-state index in [1.807, 2.05) is 0 Å². The molecule has 0 atom stereocenters. The molecule has 4 heteroatoms. The van der Waals surface area contributed by atoms with Crippen molar-refractivity contribution in [1.82, 2.24) is 9.36 Å². The summed E-state index contributed by atoms with van der Waals surface area (Å²) >= 11 is 1.55. The Kier molecular flexibility index (Phi) is 3.07. The minimum atomic E-state index is 0.141. The molecule has 1 aromatic heterocycles. The topological polar surface area (TPSA) is 35.0 Å². The SMILES string of the molecule is CC(C)c1nc(C2(C)CCOCC2)ns1. The van der Waals surface area contributed by atoms with Gasteiger partial charge in [-0.3, -0.25) is 0 Å². The molecule has 2 rings (SSSR count).